The Morgan fingerprint density at radius 1 is 1.26 bits per heavy atom. The van der Waals surface area contributed by atoms with E-state index in [1.807, 2.05) is 35.4 Å². The van der Waals surface area contributed by atoms with Crippen molar-refractivity contribution in [3.8, 4) is 0 Å². The SMILES string of the molecule is CSc1ccc(N2CC(C(=O)N3CCCC(N)C3)CC2=O)cc1. The summed E-state index contributed by atoms with van der Waals surface area (Å²) in [4.78, 5) is 29.7. The number of piperidine rings is 1. The Hall–Kier alpha value is -1.53. The number of nitrogens with zero attached hydrogens (tertiary/aromatic N) is 2. The minimum atomic E-state index is -0.243. The first-order chi connectivity index (χ1) is 11.1. The average Bonchev–Trinajstić information content (AvgIpc) is 2.96. The van der Waals surface area contributed by atoms with Crippen molar-refractivity contribution in [2.45, 2.75) is 30.2 Å². The standard InChI is InChI=1S/C17H23N3O2S/c1-23-15-6-4-14(5-7-15)20-10-12(9-16(20)21)17(22)19-8-2-3-13(18)11-19/h4-7,12-13H,2-3,8-11,18H2,1H3. The van der Waals surface area contributed by atoms with Crippen LogP contribution in [0.4, 0.5) is 5.69 Å². The topological polar surface area (TPSA) is 66.6 Å². The molecule has 0 radical (unpaired) electrons. The Balaban J connectivity index is 1.67. The normalized spacial score (nSPS) is 25.0. The molecule has 2 aliphatic heterocycles. The van der Waals surface area contributed by atoms with Gasteiger partial charge in [0, 0.05) is 42.7 Å². The lowest BCUT2D eigenvalue weighted by Crippen LogP contribution is -2.48. The van der Waals surface area contributed by atoms with Gasteiger partial charge in [-0.25, -0.2) is 0 Å². The van der Waals surface area contributed by atoms with Crippen molar-refractivity contribution < 1.29 is 9.59 Å². The van der Waals surface area contributed by atoms with Crippen molar-refractivity contribution in [3.05, 3.63) is 24.3 Å². The van der Waals surface area contributed by atoms with Crippen molar-refractivity contribution in [3.63, 3.8) is 0 Å². The van der Waals surface area contributed by atoms with E-state index in [9.17, 15) is 9.59 Å². The van der Waals surface area contributed by atoms with Crippen LogP contribution in [0.3, 0.4) is 0 Å². The summed E-state index contributed by atoms with van der Waals surface area (Å²) in [6, 6.07) is 7.99. The van der Waals surface area contributed by atoms with Gasteiger partial charge in [-0.1, -0.05) is 0 Å². The maximum atomic E-state index is 12.7. The van der Waals surface area contributed by atoms with Crippen LogP contribution in [0.5, 0.6) is 0 Å². The van der Waals surface area contributed by atoms with Crippen LogP contribution >= 0.6 is 11.8 Å². The highest BCUT2D eigenvalue weighted by Gasteiger charge is 2.38. The number of likely N-dealkylation sites (tertiary alicyclic amines) is 1. The molecule has 2 saturated heterocycles. The number of benzene rings is 1. The maximum Gasteiger partial charge on any atom is 0.228 e. The zero-order valence-electron chi connectivity index (χ0n) is 13.4. The zero-order valence-corrected chi connectivity index (χ0v) is 14.2. The van der Waals surface area contributed by atoms with Gasteiger partial charge in [0.05, 0.1) is 5.92 Å². The van der Waals surface area contributed by atoms with Crippen LogP contribution in [0.15, 0.2) is 29.2 Å². The minimum Gasteiger partial charge on any atom is -0.341 e. The molecule has 1 aromatic carbocycles. The monoisotopic (exact) mass is 333 g/mol. The van der Waals surface area contributed by atoms with E-state index in [2.05, 4.69) is 0 Å². The molecule has 6 heteroatoms. The van der Waals surface area contributed by atoms with Crippen molar-refractivity contribution in [2.24, 2.45) is 11.7 Å². The highest BCUT2D eigenvalue weighted by molar-refractivity contribution is 7.98. The molecule has 0 aliphatic carbocycles. The molecule has 5 nitrogen and oxygen atoms in total. The third kappa shape index (κ3) is 3.53. The fraction of sp³-hybridized carbons (Fsp3) is 0.529. The highest BCUT2D eigenvalue weighted by Crippen LogP contribution is 2.28. The van der Waals surface area contributed by atoms with E-state index in [0.717, 1.165) is 30.0 Å². The summed E-state index contributed by atoms with van der Waals surface area (Å²) < 4.78 is 0. The van der Waals surface area contributed by atoms with Gasteiger partial charge >= 0.3 is 0 Å². The lowest BCUT2D eigenvalue weighted by molar-refractivity contribution is -0.136. The molecule has 23 heavy (non-hydrogen) atoms. The van der Waals surface area contributed by atoms with E-state index in [-0.39, 0.29) is 23.8 Å². The molecule has 0 bridgehead atoms. The van der Waals surface area contributed by atoms with E-state index in [4.69, 9.17) is 5.73 Å². The number of thioether (sulfide) groups is 1. The first kappa shape index (κ1) is 16.3. The summed E-state index contributed by atoms with van der Waals surface area (Å²) in [5.74, 6) is -0.133. The van der Waals surface area contributed by atoms with E-state index >= 15 is 0 Å². The molecular formula is C17H23N3O2S. The van der Waals surface area contributed by atoms with Crippen molar-refractivity contribution >= 4 is 29.3 Å². The molecular weight excluding hydrogens is 310 g/mol. The molecule has 0 saturated carbocycles. The zero-order chi connectivity index (χ0) is 16.4. The number of carbonyl (C=O) groups excluding carboxylic acids is 2. The second kappa shape index (κ2) is 6.93. The number of carbonyl (C=O) groups is 2. The molecule has 2 unspecified atom stereocenters. The van der Waals surface area contributed by atoms with Crippen molar-refractivity contribution in [1.82, 2.24) is 4.90 Å². The van der Waals surface area contributed by atoms with Gasteiger partial charge < -0.3 is 15.5 Å². The fourth-order valence-corrected chi connectivity index (χ4v) is 3.76. The summed E-state index contributed by atoms with van der Waals surface area (Å²) in [7, 11) is 0. The summed E-state index contributed by atoms with van der Waals surface area (Å²) in [6.07, 6.45) is 4.25. The van der Waals surface area contributed by atoms with Gasteiger partial charge in [0.25, 0.3) is 0 Å². The average molecular weight is 333 g/mol. The molecule has 2 aliphatic rings. The molecule has 2 N–H and O–H groups in total. The fourth-order valence-electron chi connectivity index (χ4n) is 3.35. The second-order valence-electron chi connectivity index (χ2n) is 6.29. The summed E-state index contributed by atoms with van der Waals surface area (Å²) in [6.45, 7) is 1.85. The van der Waals surface area contributed by atoms with Gasteiger partial charge in [-0.05, 0) is 43.4 Å². The maximum absolute atomic E-state index is 12.7. The third-order valence-electron chi connectivity index (χ3n) is 4.63. The molecule has 3 rings (SSSR count). The van der Waals surface area contributed by atoms with Crippen LogP contribution in [0.2, 0.25) is 0 Å². The van der Waals surface area contributed by atoms with E-state index < -0.39 is 0 Å². The van der Waals surface area contributed by atoms with Crippen LogP contribution in [-0.2, 0) is 9.59 Å². The van der Waals surface area contributed by atoms with E-state index in [0.29, 0.717) is 19.5 Å². The molecule has 2 heterocycles. The van der Waals surface area contributed by atoms with Crippen molar-refractivity contribution in [1.29, 1.82) is 0 Å². The first-order valence-electron chi connectivity index (χ1n) is 8.07. The summed E-state index contributed by atoms with van der Waals surface area (Å²) in [5, 5.41) is 0. The van der Waals surface area contributed by atoms with Crippen LogP contribution in [0, 0.1) is 5.92 Å². The summed E-state index contributed by atoms with van der Waals surface area (Å²) >= 11 is 1.67. The Morgan fingerprint density at radius 3 is 2.65 bits per heavy atom. The number of hydrogen-bond acceptors (Lipinski definition) is 4. The van der Waals surface area contributed by atoms with Crippen LogP contribution in [-0.4, -0.2) is 48.6 Å². The van der Waals surface area contributed by atoms with Crippen LogP contribution in [0.25, 0.3) is 0 Å². The largest absolute Gasteiger partial charge is 0.341 e. The predicted molar refractivity (Wildman–Crippen MR) is 92.5 cm³/mol. The van der Waals surface area contributed by atoms with Gasteiger partial charge in [0.2, 0.25) is 11.8 Å². The molecule has 0 spiro atoms. The Kier molecular flexibility index (Phi) is 4.92. The number of hydrogen-bond donors (Lipinski definition) is 1. The second-order valence-corrected chi connectivity index (χ2v) is 7.17. The number of anilines is 1. The highest BCUT2D eigenvalue weighted by atomic mass is 32.2. The Morgan fingerprint density at radius 2 is 2.00 bits per heavy atom. The molecule has 124 valence electrons. The van der Waals surface area contributed by atoms with Gasteiger partial charge in [-0.3, -0.25) is 9.59 Å². The van der Waals surface area contributed by atoms with Gasteiger partial charge in [0.1, 0.15) is 0 Å². The molecule has 1 aromatic rings. The van der Waals surface area contributed by atoms with Gasteiger partial charge in [0.15, 0.2) is 0 Å². The van der Waals surface area contributed by atoms with E-state index in [1.165, 1.54) is 0 Å². The predicted octanol–water partition coefficient (Wildman–Crippen LogP) is 1.71. The number of amides is 2. The molecule has 0 aromatic heterocycles. The number of nitrogens with two attached hydrogens (primary N) is 1. The molecule has 2 amide bonds. The van der Waals surface area contributed by atoms with E-state index in [1.54, 1.807) is 16.7 Å². The lowest BCUT2D eigenvalue weighted by Gasteiger charge is -2.32. The Labute approximate surface area is 141 Å². The first-order valence-corrected chi connectivity index (χ1v) is 9.29. The van der Waals surface area contributed by atoms with Crippen LogP contribution in [0.1, 0.15) is 19.3 Å². The van der Waals surface area contributed by atoms with Gasteiger partial charge in [-0.15, -0.1) is 11.8 Å². The summed E-state index contributed by atoms with van der Waals surface area (Å²) in [5.41, 5.74) is 6.83. The molecule has 2 atom stereocenters. The van der Waals surface area contributed by atoms with Gasteiger partial charge in [-0.2, -0.15) is 0 Å². The minimum absolute atomic E-state index is 0.0292. The smallest absolute Gasteiger partial charge is 0.228 e. The van der Waals surface area contributed by atoms with Crippen LogP contribution < -0.4 is 10.6 Å². The molecule has 2 fully saturated rings. The Bertz CT molecular complexity index is 590. The quantitative estimate of drug-likeness (QED) is 0.855. The number of rotatable bonds is 3. The third-order valence-corrected chi connectivity index (χ3v) is 5.37. The lowest BCUT2D eigenvalue weighted by atomic mass is 10.0. The van der Waals surface area contributed by atoms with Crippen molar-refractivity contribution in [2.75, 3.05) is 30.8 Å².